The Balaban J connectivity index is 1.19. The first-order valence-electron chi connectivity index (χ1n) is 42.6. The van der Waals surface area contributed by atoms with Crippen molar-refractivity contribution in [2.45, 2.75) is 289 Å². The molecule has 22 heteroatoms. The van der Waals surface area contributed by atoms with E-state index in [9.17, 15) is 14.9 Å². The smallest absolute Gasteiger partial charge is 0.452 e. The molecule has 0 bridgehead atoms. The van der Waals surface area contributed by atoms with Crippen LogP contribution in [0.2, 0.25) is 0 Å². The number of nitrogens with zero attached hydrogens (tertiary/aromatic N) is 1. The molecular formula is C94H128NO18P3. The van der Waals surface area contributed by atoms with Crippen LogP contribution in [0.15, 0.2) is 212 Å². The molecule has 0 radical (unpaired) electrons. The Morgan fingerprint density at radius 3 is 1.01 bits per heavy atom. The number of hydrogen-bond acceptors (Lipinski definition) is 19. The molecule has 1 aliphatic rings. The first-order valence-corrected chi connectivity index (χ1v) is 46.2. The maximum Gasteiger partial charge on any atom is 0.475 e. The number of rotatable bonds is 67. The third-order valence-electron chi connectivity index (χ3n) is 20.0. The van der Waals surface area contributed by atoms with Crippen molar-refractivity contribution in [1.82, 2.24) is 0 Å². The number of carbonyl (C=O) groups is 2. The van der Waals surface area contributed by atoms with E-state index >= 15 is 4.57 Å². The minimum absolute atomic E-state index is 0.0235. The molecule has 0 spiro atoms. The molecule has 0 saturated heterocycles. The summed E-state index contributed by atoms with van der Waals surface area (Å²) in [6, 6.07) is 69.2. The highest BCUT2D eigenvalue weighted by atomic mass is 31.2. The monoisotopic (exact) mass is 1650 g/mol. The lowest BCUT2D eigenvalue weighted by atomic mass is 9.84. The number of esters is 1. The lowest BCUT2D eigenvalue weighted by Crippen LogP contribution is -2.67. The Hall–Kier alpha value is -6.30. The summed E-state index contributed by atoms with van der Waals surface area (Å²) in [5, 5.41) is 10.2. The van der Waals surface area contributed by atoms with Crippen molar-refractivity contribution in [2.24, 2.45) is 0 Å². The summed E-state index contributed by atoms with van der Waals surface area (Å²) in [6.07, 6.45) is 18.5. The average Bonchev–Trinajstić information content (AvgIpc) is 0.753. The number of phosphoric ester groups is 1. The largest absolute Gasteiger partial charge is 0.475 e. The third-order valence-corrected chi connectivity index (χ3v) is 23.7. The number of Topliss-reactive ketones (excluding diaryl/α,β-unsaturated/α-hetero) is 1. The van der Waals surface area contributed by atoms with Crippen molar-refractivity contribution in [1.29, 1.82) is 5.26 Å². The predicted molar refractivity (Wildman–Crippen MR) is 456 cm³/mol. The normalized spacial score (nSPS) is 17.0. The van der Waals surface area contributed by atoms with Gasteiger partial charge in [0.25, 0.3) is 0 Å². The van der Waals surface area contributed by atoms with Crippen LogP contribution in [0.25, 0.3) is 0 Å². The van der Waals surface area contributed by atoms with E-state index in [-0.39, 0.29) is 65.5 Å². The van der Waals surface area contributed by atoms with Crippen LogP contribution in [0.1, 0.15) is 239 Å². The Morgan fingerprint density at radius 1 is 0.362 bits per heavy atom. The van der Waals surface area contributed by atoms with Gasteiger partial charge in [0, 0.05) is 12.8 Å². The highest BCUT2D eigenvalue weighted by molar-refractivity contribution is 7.48. The molecule has 632 valence electrons. The van der Waals surface area contributed by atoms with Crippen molar-refractivity contribution in [3.05, 3.63) is 251 Å². The molecule has 7 aromatic carbocycles. The number of carbonyl (C=O) groups excluding carboxylic acids is 2. The summed E-state index contributed by atoms with van der Waals surface area (Å²) in [5.74, 6) is -1.00. The van der Waals surface area contributed by atoms with Crippen LogP contribution in [0.5, 0.6) is 0 Å². The van der Waals surface area contributed by atoms with E-state index in [2.05, 4.69) is 19.9 Å². The quantitative estimate of drug-likeness (QED) is 0.0150. The lowest BCUT2D eigenvalue weighted by Gasteiger charge is -2.49. The van der Waals surface area contributed by atoms with E-state index in [1.54, 1.807) is 0 Å². The topological polar surface area (TPSA) is 213 Å². The predicted octanol–water partition coefficient (Wildman–Crippen LogP) is 24.7. The number of ketones is 1. The number of nitriles is 1. The van der Waals surface area contributed by atoms with Gasteiger partial charge in [0.2, 0.25) is 0 Å². The van der Waals surface area contributed by atoms with Crippen LogP contribution in [0, 0.1) is 11.3 Å². The maximum absolute atomic E-state index is 16.6. The van der Waals surface area contributed by atoms with Crippen LogP contribution in [-0.2, 0) is 130 Å². The molecule has 19 nitrogen and oxygen atoms in total. The highest BCUT2D eigenvalue weighted by Crippen LogP contribution is 2.57. The van der Waals surface area contributed by atoms with E-state index in [0.717, 1.165) is 90.3 Å². The Morgan fingerprint density at radius 2 is 0.664 bits per heavy atom. The molecular weight excluding hydrogens is 1520 g/mol. The Kier molecular flexibility index (Phi) is 49.4. The fraction of sp³-hybridized carbons (Fsp3) is 0.521. The molecule has 1 unspecified atom stereocenters. The minimum Gasteiger partial charge on any atom is -0.452 e. The zero-order valence-electron chi connectivity index (χ0n) is 68.7. The van der Waals surface area contributed by atoms with Crippen molar-refractivity contribution in [3.63, 3.8) is 0 Å². The molecule has 0 N–H and O–H groups in total. The fourth-order valence-electron chi connectivity index (χ4n) is 13.5. The second-order valence-corrected chi connectivity index (χ2v) is 33.5. The summed E-state index contributed by atoms with van der Waals surface area (Å²) in [7, 11) is -10.2. The Labute approximate surface area is 694 Å². The van der Waals surface area contributed by atoms with Gasteiger partial charge in [0.05, 0.1) is 65.3 Å². The average molecular weight is 1650 g/mol. The van der Waals surface area contributed by atoms with Crippen molar-refractivity contribution < 1.29 is 83.3 Å². The van der Waals surface area contributed by atoms with E-state index in [1.807, 2.05) is 212 Å². The maximum atomic E-state index is 16.6. The zero-order chi connectivity index (χ0) is 81.2. The molecule has 0 heterocycles. The number of ether oxygens (including phenoxy) is 6. The number of unbranched alkanes of at least 4 members (excludes halogenated alkanes) is 24. The van der Waals surface area contributed by atoms with E-state index in [0.29, 0.717) is 12.8 Å². The summed E-state index contributed by atoms with van der Waals surface area (Å²) in [5.41, 5.74) is 5.71. The van der Waals surface area contributed by atoms with Gasteiger partial charge in [0.1, 0.15) is 56.8 Å². The summed E-state index contributed by atoms with van der Waals surface area (Å²) in [4.78, 5) is 29.1. The lowest BCUT2D eigenvalue weighted by molar-refractivity contribution is -0.274. The van der Waals surface area contributed by atoms with Crippen molar-refractivity contribution in [3.8, 4) is 6.07 Å². The highest BCUT2D eigenvalue weighted by Gasteiger charge is 2.59. The number of benzene rings is 7. The van der Waals surface area contributed by atoms with Crippen molar-refractivity contribution in [2.75, 3.05) is 26.8 Å². The second-order valence-electron chi connectivity index (χ2n) is 29.5. The zero-order valence-corrected chi connectivity index (χ0v) is 71.4. The number of phosphoric acid groups is 1. The second kappa shape index (κ2) is 60.2. The molecule has 8 atom stereocenters. The van der Waals surface area contributed by atoms with E-state index in [4.69, 9.17) is 69.1 Å². The molecule has 1 aliphatic carbocycles. The molecule has 8 rings (SSSR count). The van der Waals surface area contributed by atoms with Crippen LogP contribution in [0.3, 0.4) is 0 Å². The van der Waals surface area contributed by atoms with Gasteiger partial charge in [-0.15, -0.1) is 0 Å². The van der Waals surface area contributed by atoms with Gasteiger partial charge in [-0.3, -0.25) is 23.2 Å². The molecule has 7 aromatic rings. The molecule has 1 fully saturated rings. The van der Waals surface area contributed by atoms with Gasteiger partial charge in [-0.05, 0) is 51.8 Å². The van der Waals surface area contributed by atoms with Crippen molar-refractivity contribution >= 4 is 36.8 Å². The minimum atomic E-state index is -5.21. The first kappa shape index (κ1) is 95.2. The van der Waals surface area contributed by atoms with Gasteiger partial charge in [0.15, 0.2) is 11.9 Å². The van der Waals surface area contributed by atoms with Gasteiger partial charge in [-0.25, -0.2) is 4.57 Å². The molecule has 0 aromatic heterocycles. The molecule has 0 amide bonds. The van der Waals surface area contributed by atoms with Gasteiger partial charge in [-0.1, -0.05) is 380 Å². The summed E-state index contributed by atoms with van der Waals surface area (Å²) in [6.45, 7) is 2.65. The van der Waals surface area contributed by atoms with Crippen LogP contribution < -0.4 is 0 Å². The fourth-order valence-corrected chi connectivity index (χ4v) is 17.2. The van der Waals surface area contributed by atoms with E-state index < -0.39 is 106 Å². The summed E-state index contributed by atoms with van der Waals surface area (Å²) < 4.78 is 119. The molecule has 1 saturated carbocycles. The van der Waals surface area contributed by atoms with Gasteiger partial charge < -0.3 is 55.6 Å². The van der Waals surface area contributed by atoms with Crippen LogP contribution in [-0.4, -0.2) is 81.3 Å². The SMILES string of the molecule is CCCCCCCCCCCCCCCC(=O)O[C@H](COP(=O)(OCCC#N)O[C@@H]1[C@H](OCOCc2ccccc2)[C@H](OCc2ccccc2)[C@@H](OP(OCc2ccccc2)OCc2ccccc2)[C@H](OP(OCc2ccccc2)OCc2ccccc2)[C@H]1OCOCc1ccccc1)C(=O)CCCCCCCCCCCCCCC. The van der Waals surface area contributed by atoms with Crippen LogP contribution >= 0.6 is 25.0 Å². The third kappa shape index (κ3) is 39.7. The standard InChI is InChI=1S/C94H128NO18P3/c1-3-5-7-9-11-13-15-17-19-21-23-25-48-65-86(96)87(110-88(97)66-49-26-24-22-20-18-16-14-12-10-8-6-4-2)76-109-116(98,108-68-50-67-95)113-94-90(102-77-99-69-79-51-34-27-35-52-79)89(101-71-81-55-38-29-39-56-81)92(111-114(104-72-82-57-40-30-41-58-82)105-73-83-59-42-31-43-60-83)93(91(94)103-78-100-70-80-53-36-28-37-54-80)112-115(106-74-84-61-44-32-45-62-84)107-75-85-63-46-33-47-64-85/h27-47,51-64,87,89-94H,3-26,48-50,65-66,68-78H2,1-2H3/t87-,89+,90-,91-,92-,93-,94-,116?/m1/s1. The van der Waals surface area contributed by atoms with E-state index in [1.165, 1.54) is 103 Å². The number of hydrogen-bond donors (Lipinski definition) is 0. The van der Waals surface area contributed by atoms with Gasteiger partial charge >= 0.3 is 31.0 Å². The van der Waals surface area contributed by atoms with Gasteiger partial charge in [-0.2, -0.15) is 5.26 Å². The Bertz CT molecular complexity index is 3610. The first-order chi connectivity index (χ1) is 57.2. The van der Waals surface area contributed by atoms with Crippen LogP contribution in [0.4, 0.5) is 0 Å². The summed E-state index contributed by atoms with van der Waals surface area (Å²) >= 11 is 0. The molecule has 116 heavy (non-hydrogen) atoms. The molecule has 0 aliphatic heterocycles.